The first-order chi connectivity index (χ1) is 4.66. The first kappa shape index (κ1) is 9.21. The summed E-state index contributed by atoms with van der Waals surface area (Å²) in [4.78, 5) is 10.5. The summed E-state index contributed by atoms with van der Waals surface area (Å²) in [6, 6.07) is 0. The summed E-state index contributed by atoms with van der Waals surface area (Å²) >= 11 is 0. The van der Waals surface area contributed by atoms with E-state index in [2.05, 4.69) is 0 Å². The van der Waals surface area contributed by atoms with E-state index in [1.54, 1.807) is 6.92 Å². The Labute approximate surface area is 61.9 Å². The van der Waals surface area contributed by atoms with Crippen LogP contribution in [0.2, 0.25) is 0 Å². The zero-order chi connectivity index (χ0) is 7.98. The molecule has 0 aliphatic rings. The molecule has 0 spiro atoms. The third-order valence-electron chi connectivity index (χ3n) is 0.940. The molecule has 0 aliphatic heterocycles. The average molecular weight is 142 g/mol. The molecule has 0 fully saturated rings. The molecular formula is C8H14O2. The molecule has 0 bridgehead atoms. The Morgan fingerprint density at radius 2 is 2.10 bits per heavy atom. The van der Waals surface area contributed by atoms with E-state index in [4.69, 9.17) is 4.74 Å². The first-order valence-electron chi connectivity index (χ1n) is 3.48. The maximum atomic E-state index is 10.5. The number of carbonyl (C=O) groups is 1. The van der Waals surface area contributed by atoms with Crippen LogP contribution < -0.4 is 0 Å². The van der Waals surface area contributed by atoms with Crippen molar-refractivity contribution >= 4 is 5.78 Å². The smallest absolute Gasteiger partial charge is 0.155 e. The minimum atomic E-state index is 0.0357. The normalized spacial score (nSPS) is 11.3. The minimum Gasteiger partial charge on any atom is -0.498 e. The van der Waals surface area contributed by atoms with Crippen LogP contribution in [-0.4, -0.2) is 12.4 Å². The molecular weight excluding hydrogens is 128 g/mol. The van der Waals surface area contributed by atoms with E-state index in [0.29, 0.717) is 12.4 Å². The van der Waals surface area contributed by atoms with Crippen molar-refractivity contribution in [2.75, 3.05) is 6.61 Å². The van der Waals surface area contributed by atoms with E-state index in [-0.39, 0.29) is 5.78 Å². The predicted molar refractivity (Wildman–Crippen MR) is 40.7 cm³/mol. The molecule has 2 nitrogen and oxygen atoms in total. The predicted octanol–water partition coefficient (Wildman–Crippen LogP) is 1.91. The van der Waals surface area contributed by atoms with Gasteiger partial charge in [-0.1, -0.05) is 6.92 Å². The Balaban J connectivity index is 3.60. The number of hydrogen-bond donors (Lipinski definition) is 0. The lowest BCUT2D eigenvalue weighted by Gasteiger charge is -2.01. The molecule has 0 amide bonds. The third kappa shape index (κ3) is 5.35. The monoisotopic (exact) mass is 142 g/mol. The summed E-state index contributed by atoms with van der Waals surface area (Å²) in [7, 11) is 0. The summed E-state index contributed by atoms with van der Waals surface area (Å²) in [6.07, 6.45) is 2.47. The van der Waals surface area contributed by atoms with Gasteiger partial charge in [-0.25, -0.2) is 0 Å². The van der Waals surface area contributed by atoms with Gasteiger partial charge in [0, 0.05) is 6.08 Å². The highest BCUT2D eigenvalue weighted by molar-refractivity contribution is 5.87. The van der Waals surface area contributed by atoms with Crippen LogP contribution in [0.5, 0.6) is 0 Å². The van der Waals surface area contributed by atoms with Gasteiger partial charge in [-0.05, 0) is 20.3 Å². The lowest BCUT2D eigenvalue weighted by Crippen LogP contribution is -1.92. The number of rotatable bonds is 4. The van der Waals surface area contributed by atoms with Crippen molar-refractivity contribution < 1.29 is 9.53 Å². The van der Waals surface area contributed by atoms with E-state index in [1.165, 1.54) is 13.0 Å². The van der Waals surface area contributed by atoms with Gasteiger partial charge >= 0.3 is 0 Å². The number of ether oxygens (including phenoxy) is 1. The van der Waals surface area contributed by atoms with Gasteiger partial charge in [-0.15, -0.1) is 0 Å². The number of hydrogen-bond acceptors (Lipinski definition) is 2. The molecule has 0 aliphatic carbocycles. The molecule has 0 saturated carbocycles. The van der Waals surface area contributed by atoms with Gasteiger partial charge in [0.1, 0.15) is 0 Å². The third-order valence-corrected chi connectivity index (χ3v) is 0.940. The molecule has 0 rings (SSSR count). The van der Waals surface area contributed by atoms with Crippen molar-refractivity contribution in [1.29, 1.82) is 0 Å². The van der Waals surface area contributed by atoms with Gasteiger partial charge in [-0.2, -0.15) is 0 Å². The standard InChI is InChI=1S/C8H14O2/c1-4-5-10-8(3)6-7(2)9/h6H,4-5H2,1-3H3. The van der Waals surface area contributed by atoms with Crippen LogP contribution in [0.3, 0.4) is 0 Å². The summed E-state index contributed by atoms with van der Waals surface area (Å²) in [5.74, 6) is 0.739. The van der Waals surface area contributed by atoms with Gasteiger partial charge < -0.3 is 4.74 Å². The maximum Gasteiger partial charge on any atom is 0.155 e. The van der Waals surface area contributed by atoms with Gasteiger partial charge in [-0.3, -0.25) is 4.79 Å². The van der Waals surface area contributed by atoms with Crippen LogP contribution in [0.15, 0.2) is 11.8 Å². The van der Waals surface area contributed by atoms with Crippen LogP contribution in [0, 0.1) is 0 Å². The van der Waals surface area contributed by atoms with Crippen molar-refractivity contribution in [3.05, 3.63) is 11.8 Å². The molecule has 0 heterocycles. The topological polar surface area (TPSA) is 26.3 Å². The Hall–Kier alpha value is -0.790. The Kier molecular flexibility index (Phi) is 4.63. The van der Waals surface area contributed by atoms with Gasteiger partial charge in [0.15, 0.2) is 5.78 Å². The Morgan fingerprint density at radius 3 is 2.50 bits per heavy atom. The molecule has 0 radical (unpaired) electrons. The van der Waals surface area contributed by atoms with Crippen molar-refractivity contribution in [1.82, 2.24) is 0 Å². The average Bonchev–Trinajstić information content (AvgIpc) is 1.82. The molecule has 0 atom stereocenters. The van der Waals surface area contributed by atoms with Crippen molar-refractivity contribution in [2.45, 2.75) is 27.2 Å². The molecule has 0 aromatic rings. The lowest BCUT2D eigenvalue weighted by atomic mass is 10.4. The maximum absolute atomic E-state index is 10.5. The van der Waals surface area contributed by atoms with Crippen LogP contribution in [-0.2, 0) is 9.53 Å². The molecule has 10 heavy (non-hydrogen) atoms. The number of ketones is 1. The zero-order valence-corrected chi connectivity index (χ0v) is 6.81. The van der Waals surface area contributed by atoms with E-state index in [1.807, 2.05) is 6.92 Å². The number of allylic oxidation sites excluding steroid dienone is 2. The van der Waals surface area contributed by atoms with Crippen LogP contribution >= 0.6 is 0 Å². The Bertz CT molecular complexity index is 136. The SMILES string of the molecule is CCCOC(C)=CC(C)=O. The quantitative estimate of drug-likeness (QED) is 0.442. The highest BCUT2D eigenvalue weighted by Gasteiger charge is 1.90. The van der Waals surface area contributed by atoms with E-state index < -0.39 is 0 Å². The highest BCUT2D eigenvalue weighted by atomic mass is 16.5. The summed E-state index contributed by atoms with van der Waals surface area (Å²) in [6.45, 7) is 6.02. The molecule has 0 saturated heterocycles. The second-order valence-corrected chi connectivity index (χ2v) is 2.21. The van der Waals surface area contributed by atoms with E-state index in [9.17, 15) is 4.79 Å². The van der Waals surface area contributed by atoms with Crippen LogP contribution in [0.4, 0.5) is 0 Å². The Morgan fingerprint density at radius 1 is 1.50 bits per heavy atom. The fourth-order valence-corrected chi connectivity index (χ4v) is 0.591. The van der Waals surface area contributed by atoms with Crippen molar-refractivity contribution in [3.63, 3.8) is 0 Å². The minimum absolute atomic E-state index is 0.0357. The van der Waals surface area contributed by atoms with E-state index >= 15 is 0 Å². The second kappa shape index (κ2) is 5.03. The first-order valence-corrected chi connectivity index (χ1v) is 3.48. The fraction of sp³-hybridized carbons (Fsp3) is 0.625. The molecule has 0 aromatic heterocycles. The highest BCUT2D eigenvalue weighted by Crippen LogP contribution is 1.95. The molecule has 0 unspecified atom stereocenters. The lowest BCUT2D eigenvalue weighted by molar-refractivity contribution is -0.112. The number of carbonyl (C=O) groups excluding carboxylic acids is 1. The molecule has 0 N–H and O–H groups in total. The van der Waals surface area contributed by atoms with Crippen molar-refractivity contribution in [3.8, 4) is 0 Å². The zero-order valence-electron chi connectivity index (χ0n) is 6.81. The van der Waals surface area contributed by atoms with Crippen molar-refractivity contribution in [2.24, 2.45) is 0 Å². The second-order valence-electron chi connectivity index (χ2n) is 2.21. The fourth-order valence-electron chi connectivity index (χ4n) is 0.591. The molecule has 58 valence electrons. The summed E-state index contributed by atoms with van der Waals surface area (Å²) < 4.78 is 5.14. The van der Waals surface area contributed by atoms with Gasteiger partial charge in [0.2, 0.25) is 0 Å². The van der Waals surface area contributed by atoms with Crippen LogP contribution in [0.25, 0.3) is 0 Å². The van der Waals surface area contributed by atoms with Crippen LogP contribution in [0.1, 0.15) is 27.2 Å². The van der Waals surface area contributed by atoms with Gasteiger partial charge in [0.05, 0.1) is 12.4 Å². The summed E-state index contributed by atoms with van der Waals surface area (Å²) in [5.41, 5.74) is 0. The largest absolute Gasteiger partial charge is 0.498 e. The van der Waals surface area contributed by atoms with Gasteiger partial charge in [0.25, 0.3) is 0 Å². The molecule has 2 heteroatoms. The molecule has 0 aromatic carbocycles. The van der Waals surface area contributed by atoms with E-state index in [0.717, 1.165) is 6.42 Å². The summed E-state index contributed by atoms with van der Waals surface area (Å²) in [5, 5.41) is 0.